The number of fused-ring (bicyclic) bond motifs is 14. The van der Waals surface area contributed by atoms with Crippen molar-refractivity contribution in [1.82, 2.24) is 0 Å². The van der Waals surface area contributed by atoms with Crippen LogP contribution in [0, 0.1) is 0 Å². The molecule has 1 spiro atoms. The molecule has 0 unspecified atom stereocenters. The molecule has 0 amide bonds. The minimum absolute atomic E-state index is 0.392. The van der Waals surface area contributed by atoms with Gasteiger partial charge in [-0.05, 0) is 152 Å². The lowest BCUT2D eigenvalue weighted by molar-refractivity contribution is 0.794. The summed E-state index contributed by atoms with van der Waals surface area (Å²) in [4.78, 5) is 2.46. The van der Waals surface area contributed by atoms with Gasteiger partial charge in [-0.1, -0.05) is 243 Å². The lowest BCUT2D eigenvalue weighted by Gasteiger charge is -2.33. The summed E-state index contributed by atoms with van der Waals surface area (Å²) in [6.07, 6.45) is 0. The van der Waals surface area contributed by atoms with E-state index in [1.54, 1.807) is 0 Å². The van der Waals surface area contributed by atoms with Gasteiger partial charge in [-0.2, -0.15) is 0 Å². The molecule has 15 rings (SSSR count). The quantitative estimate of drug-likeness (QED) is 0.144. The van der Waals surface area contributed by atoms with E-state index in [-0.39, 0.29) is 0 Å². The zero-order chi connectivity index (χ0) is 48.1. The molecule has 3 aliphatic rings. The van der Waals surface area contributed by atoms with Gasteiger partial charge in [0.15, 0.2) is 8.07 Å². The zero-order valence-corrected chi connectivity index (χ0v) is 41.1. The Kier molecular flexibility index (Phi) is 9.26. The molecule has 0 radical (unpaired) electrons. The van der Waals surface area contributed by atoms with E-state index in [2.05, 4.69) is 290 Å². The number of benzene rings is 12. The molecule has 1 heterocycles. The highest BCUT2D eigenvalue weighted by Gasteiger charge is 2.52. The summed E-state index contributed by atoms with van der Waals surface area (Å²) in [5.41, 5.74) is 21.2. The molecule has 0 saturated heterocycles. The standard InChI is InChI=1S/C71H47NSi/c1-2-21-56(22-3-1)73(68-34-14-9-26-61(68)62-27-10-15-35-69(62)73)57-23-16-20-55(47-57)72(53-42-38-49(39-43-53)52-37-36-48-18-4-5-19-51(48)46-52)54-44-40-50(41-45-54)58-29-17-33-67-70(58)63-28-8-13-32-66(63)71(67)64-30-11-6-24-59(64)60-25-7-12-31-65(60)71/h1-47H. The maximum absolute atomic E-state index is 2.76. The van der Waals surface area contributed by atoms with Crippen LogP contribution in [0.5, 0.6) is 0 Å². The topological polar surface area (TPSA) is 3.24 Å². The van der Waals surface area contributed by atoms with E-state index in [1.165, 1.54) is 109 Å². The van der Waals surface area contributed by atoms with E-state index in [9.17, 15) is 0 Å². The second-order valence-electron chi connectivity index (χ2n) is 19.9. The van der Waals surface area contributed by atoms with Gasteiger partial charge in [0.1, 0.15) is 0 Å². The molecular weight excluding hydrogens is 895 g/mol. The molecular formula is C71H47NSi. The average molecular weight is 942 g/mol. The Balaban J connectivity index is 0.899. The van der Waals surface area contributed by atoms with E-state index in [0.29, 0.717) is 0 Å². The molecule has 0 fully saturated rings. The molecule has 0 N–H and O–H groups in total. The van der Waals surface area contributed by atoms with Gasteiger partial charge in [-0.3, -0.25) is 0 Å². The molecule has 1 aliphatic heterocycles. The molecule has 0 atom stereocenters. The number of rotatable bonds is 7. The number of hydrogen-bond acceptors (Lipinski definition) is 1. The minimum Gasteiger partial charge on any atom is -0.311 e. The summed E-state index contributed by atoms with van der Waals surface area (Å²) in [5, 5.41) is 8.14. The number of anilines is 3. The van der Waals surface area contributed by atoms with Gasteiger partial charge in [0.25, 0.3) is 0 Å². The van der Waals surface area contributed by atoms with Crippen LogP contribution in [-0.2, 0) is 5.41 Å². The summed E-state index contributed by atoms with van der Waals surface area (Å²) < 4.78 is 0. The Labute approximate surface area is 427 Å². The van der Waals surface area contributed by atoms with Crippen LogP contribution in [0.3, 0.4) is 0 Å². The van der Waals surface area contributed by atoms with Gasteiger partial charge in [0.05, 0.1) is 5.41 Å². The van der Waals surface area contributed by atoms with Crippen molar-refractivity contribution in [3.8, 4) is 55.6 Å². The Morgan fingerprint density at radius 3 is 1.38 bits per heavy atom. The Morgan fingerprint density at radius 2 is 0.726 bits per heavy atom. The van der Waals surface area contributed by atoms with Crippen LogP contribution in [0.25, 0.3) is 66.4 Å². The Morgan fingerprint density at radius 1 is 0.260 bits per heavy atom. The van der Waals surface area contributed by atoms with Gasteiger partial charge in [0, 0.05) is 17.1 Å². The van der Waals surface area contributed by atoms with Gasteiger partial charge < -0.3 is 4.90 Å². The second-order valence-corrected chi connectivity index (χ2v) is 23.6. The van der Waals surface area contributed by atoms with Gasteiger partial charge in [-0.15, -0.1) is 0 Å². The van der Waals surface area contributed by atoms with E-state index in [4.69, 9.17) is 0 Å². The van der Waals surface area contributed by atoms with Crippen molar-refractivity contribution >= 4 is 56.7 Å². The molecule has 2 heteroatoms. The molecule has 12 aromatic carbocycles. The maximum Gasteiger partial charge on any atom is 0.180 e. The van der Waals surface area contributed by atoms with Crippen molar-refractivity contribution in [2.45, 2.75) is 5.41 Å². The molecule has 0 aromatic heterocycles. The van der Waals surface area contributed by atoms with E-state index in [0.717, 1.165) is 17.1 Å². The normalized spacial score (nSPS) is 13.7. The second kappa shape index (κ2) is 16.2. The van der Waals surface area contributed by atoms with Crippen LogP contribution >= 0.6 is 0 Å². The van der Waals surface area contributed by atoms with Crippen LogP contribution in [-0.4, -0.2) is 8.07 Å². The monoisotopic (exact) mass is 941 g/mol. The van der Waals surface area contributed by atoms with Crippen LogP contribution in [0.2, 0.25) is 0 Å². The van der Waals surface area contributed by atoms with Crippen LogP contribution < -0.4 is 25.6 Å². The third kappa shape index (κ3) is 5.96. The first-order chi connectivity index (χ1) is 36.2. The third-order valence-electron chi connectivity index (χ3n) is 16.4. The first kappa shape index (κ1) is 41.7. The summed E-state index contributed by atoms with van der Waals surface area (Å²) in [6.45, 7) is 0. The molecule has 0 bridgehead atoms. The first-order valence-electron chi connectivity index (χ1n) is 25.5. The van der Waals surface area contributed by atoms with Gasteiger partial charge in [0.2, 0.25) is 0 Å². The fraction of sp³-hybridized carbons (Fsp3) is 0.0141. The lowest BCUT2D eigenvalue weighted by Crippen LogP contribution is -2.72. The predicted octanol–water partition coefficient (Wildman–Crippen LogP) is 15.3. The van der Waals surface area contributed by atoms with Crippen molar-refractivity contribution in [2.75, 3.05) is 4.90 Å². The summed E-state index contributed by atoms with van der Waals surface area (Å²) >= 11 is 0. The van der Waals surface area contributed by atoms with Crippen LogP contribution in [0.1, 0.15) is 22.3 Å². The average Bonchev–Trinajstić information content (AvgIpc) is 4.06. The van der Waals surface area contributed by atoms with E-state index >= 15 is 0 Å². The smallest absolute Gasteiger partial charge is 0.180 e. The SMILES string of the molecule is c1ccc([Si]2(c3cccc(N(c4ccc(-c5ccc6ccccc6c5)cc4)c4ccc(-c5cccc6c5-c5ccccc5C65c6ccccc6-c6ccccc65)cc4)c3)c3ccccc3-c3ccccc32)cc1. The lowest BCUT2D eigenvalue weighted by atomic mass is 9.70. The fourth-order valence-electron chi connectivity index (χ4n) is 13.4. The Bertz CT molecular complexity index is 4060. The zero-order valence-electron chi connectivity index (χ0n) is 40.1. The summed E-state index contributed by atoms with van der Waals surface area (Å²) in [6, 6.07) is 107. The van der Waals surface area contributed by atoms with Crippen molar-refractivity contribution in [2.24, 2.45) is 0 Å². The molecule has 12 aromatic rings. The summed E-state index contributed by atoms with van der Waals surface area (Å²) in [7, 11) is -2.76. The van der Waals surface area contributed by atoms with E-state index < -0.39 is 13.5 Å². The van der Waals surface area contributed by atoms with Gasteiger partial charge in [-0.25, -0.2) is 0 Å². The third-order valence-corrected chi connectivity index (χ3v) is 21.2. The van der Waals surface area contributed by atoms with Gasteiger partial charge >= 0.3 is 0 Å². The fourth-order valence-corrected chi connectivity index (χ4v) is 18.6. The molecule has 73 heavy (non-hydrogen) atoms. The van der Waals surface area contributed by atoms with Crippen molar-refractivity contribution in [1.29, 1.82) is 0 Å². The number of hydrogen-bond donors (Lipinski definition) is 0. The largest absolute Gasteiger partial charge is 0.311 e. The van der Waals surface area contributed by atoms with Crippen molar-refractivity contribution < 1.29 is 0 Å². The minimum atomic E-state index is -2.76. The van der Waals surface area contributed by atoms with E-state index in [1.807, 2.05) is 0 Å². The molecule has 0 saturated carbocycles. The highest BCUT2D eigenvalue weighted by Crippen LogP contribution is 2.64. The van der Waals surface area contributed by atoms with Crippen LogP contribution in [0.15, 0.2) is 285 Å². The Hall–Kier alpha value is -9.08. The number of nitrogens with zero attached hydrogens (tertiary/aromatic N) is 1. The highest BCUT2D eigenvalue weighted by molar-refractivity contribution is 7.22. The van der Waals surface area contributed by atoms with Crippen LogP contribution in [0.4, 0.5) is 17.1 Å². The van der Waals surface area contributed by atoms with Crippen molar-refractivity contribution in [3.63, 3.8) is 0 Å². The summed E-state index contributed by atoms with van der Waals surface area (Å²) in [5.74, 6) is 0. The predicted molar refractivity (Wildman–Crippen MR) is 308 cm³/mol. The molecule has 340 valence electrons. The highest BCUT2D eigenvalue weighted by atomic mass is 28.3. The maximum atomic E-state index is 2.50. The molecule has 1 nitrogen and oxygen atoms in total. The molecule has 2 aliphatic carbocycles. The first-order valence-corrected chi connectivity index (χ1v) is 27.5. The van der Waals surface area contributed by atoms with Crippen molar-refractivity contribution in [3.05, 3.63) is 307 Å².